The number of aryl methyl sites for hydroxylation is 1. The number of phenolic OH excluding ortho intramolecular Hbond substituents is 1. The van der Waals surface area contributed by atoms with Gasteiger partial charge < -0.3 is 14.7 Å². The molecule has 0 atom stereocenters. The second kappa shape index (κ2) is 8.59. The van der Waals surface area contributed by atoms with E-state index in [2.05, 4.69) is 0 Å². The zero-order valence-electron chi connectivity index (χ0n) is 18.1. The van der Waals surface area contributed by atoms with E-state index in [1.54, 1.807) is 30.3 Å². The molecule has 0 saturated heterocycles. The van der Waals surface area contributed by atoms with Gasteiger partial charge in [-0.15, -0.1) is 0 Å². The minimum Gasteiger partial charge on any atom is -0.504 e. The molecule has 170 valence electrons. The van der Waals surface area contributed by atoms with Crippen LogP contribution in [0.3, 0.4) is 0 Å². The molecular weight excluding hydrogens is 444 g/mol. The van der Waals surface area contributed by atoms with E-state index in [0.717, 1.165) is 5.56 Å². The minimum absolute atomic E-state index is 0.0408. The third-order valence-electron chi connectivity index (χ3n) is 5.42. The van der Waals surface area contributed by atoms with Crippen LogP contribution in [-0.2, 0) is 21.4 Å². The van der Waals surface area contributed by atoms with Crippen molar-refractivity contribution in [3.63, 3.8) is 0 Å². The molecule has 3 aromatic carbocycles. The number of aromatic hydroxyl groups is 1. The fourth-order valence-corrected chi connectivity index (χ4v) is 5.16. The Hall–Kier alpha value is -3.85. The van der Waals surface area contributed by atoms with E-state index in [0.29, 0.717) is 15.6 Å². The van der Waals surface area contributed by atoms with Gasteiger partial charge in [0.05, 0.1) is 19.2 Å². The number of rotatable bonds is 6. The third kappa shape index (κ3) is 4.14. The number of methoxy groups -OCH3 is 1. The first kappa shape index (κ1) is 22.3. The van der Waals surface area contributed by atoms with Gasteiger partial charge >= 0.3 is 0 Å². The third-order valence-corrected chi connectivity index (χ3v) is 7.21. The number of hydrogen-bond acceptors (Lipinski definition) is 6. The standard InChI is InChI=1S/C24H22N2O6S/c1-16-7-10-18(11-8-16)25(14-17-9-12-20(27)21(13-17)32-2)23(28)15-26-24(29)19-5-3-4-6-22(19)33(26,30)31/h3-13,27H,14-15H2,1-2H3. The summed E-state index contributed by atoms with van der Waals surface area (Å²) in [5.41, 5.74) is 2.23. The molecule has 0 radical (unpaired) electrons. The van der Waals surface area contributed by atoms with E-state index in [9.17, 15) is 23.1 Å². The SMILES string of the molecule is COc1cc(CN(C(=O)CN2C(=O)c3ccccc3S2(=O)=O)c2ccc(C)cc2)ccc1O. The van der Waals surface area contributed by atoms with Crippen molar-refractivity contribution >= 4 is 27.5 Å². The first-order valence-corrected chi connectivity index (χ1v) is 11.6. The van der Waals surface area contributed by atoms with Crippen LogP contribution in [0.5, 0.6) is 11.5 Å². The topological polar surface area (TPSA) is 104 Å². The van der Waals surface area contributed by atoms with Gasteiger partial charge in [-0.1, -0.05) is 35.9 Å². The number of nitrogens with zero attached hydrogens (tertiary/aromatic N) is 2. The lowest BCUT2D eigenvalue weighted by Gasteiger charge is -2.25. The highest BCUT2D eigenvalue weighted by atomic mass is 32.2. The number of ether oxygens (including phenoxy) is 1. The molecule has 0 aromatic heterocycles. The summed E-state index contributed by atoms with van der Waals surface area (Å²) in [4.78, 5) is 27.4. The highest BCUT2D eigenvalue weighted by molar-refractivity contribution is 7.90. The molecule has 1 heterocycles. The molecule has 1 N–H and O–H groups in total. The predicted molar refractivity (Wildman–Crippen MR) is 122 cm³/mol. The van der Waals surface area contributed by atoms with E-state index >= 15 is 0 Å². The van der Waals surface area contributed by atoms with Crippen LogP contribution in [0.4, 0.5) is 5.69 Å². The molecule has 0 fully saturated rings. The van der Waals surface area contributed by atoms with E-state index in [-0.39, 0.29) is 28.5 Å². The molecule has 0 unspecified atom stereocenters. The molecule has 0 spiro atoms. The van der Waals surface area contributed by atoms with Crippen molar-refractivity contribution in [3.8, 4) is 11.5 Å². The van der Waals surface area contributed by atoms with Crippen molar-refractivity contribution in [1.82, 2.24) is 4.31 Å². The Morgan fingerprint density at radius 3 is 2.42 bits per heavy atom. The summed E-state index contributed by atoms with van der Waals surface area (Å²) in [5.74, 6) is -1.10. The molecule has 0 bridgehead atoms. The lowest BCUT2D eigenvalue weighted by Crippen LogP contribution is -2.42. The van der Waals surface area contributed by atoms with Crippen LogP contribution >= 0.6 is 0 Å². The Bertz CT molecular complexity index is 1340. The maximum absolute atomic E-state index is 13.4. The molecule has 0 aliphatic carbocycles. The monoisotopic (exact) mass is 466 g/mol. The number of amides is 2. The van der Waals surface area contributed by atoms with E-state index in [4.69, 9.17) is 4.74 Å². The Morgan fingerprint density at radius 2 is 1.76 bits per heavy atom. The number of carbonyl (C=O) groups excluding carboxylic acids is 2. The summed E-state index contributed by atoms with van der Waals surface area (Å²) < 4.78 is 31.6. The van der Waals surface area contributed by atoms with Gasteiger partial charge in [-0.25, -0.2) is 12.7 Å². The van der Waals surface area contributed by atoms with Gasteiger partial charge in [0.1, 0.15) is 11.4 Å². The van der Waals surface area contributed by atoms with Crippen LogP contribution in [0.15, 0.2) is 71.6 Å². The number of phenols is 1. The molecule has 4 rings (SSSR count). The Morgan fingerprint density at radius 1 is 1.06 bits per heavy atom. The van der Waals surface area contributed by atoms with Gasteiger partial charge in [0.15, 0.2) is 11.5 Å². The van der Waals surface area contributed by atoms with Crippen molar-refractivity contribution in [2.45, 2.75) is 18.4 Å². The summed E-state index contributed by atoms with van der Waals surface area (Å²) >= 11 is 0. The average molecular weight is 467 g/mol. The number of hydrogen-bond donors (Lipinski definition) is 1. The highest BCUT2D eigenvalue weighted by Gasteiger charge is 2.42. The summed E-state index contributed by atoms with van der Waals surface area (Å²) in [6.45, 7) is 1.35. The molecule has 2 amide bonds. The number of sulfonamides is 1. The number of anilines is 1. The van der Waals surface area contributed by atoms with Gasteiger partial charge in [0, 0.05) is 5.69 Å². The summed E-state index contributed by atoms with van der Waals surface area (Å²) in [5, 5.41) is 9.87. The summed E-state index contributed by atoms with van der Waals surface area (Å²) in [7, 11) is -2.70. The van der Waals surface area contributed by atoms with Crippen LogP contribution in [-0.4, -0.2) is 43.3 Å². The van der Waals surface area contributed by atoms with Crippen molar-refractivity contribution in [2.75, 3.05) is 18.6 Å². The lowest BCUT2D eigenvalue weighted by atomic mass is 10.1. The fraction of sp³-hybridized carbons (Fsp3) is 0.167. The number of fused-ring (bicyclic) bond motifs is 1. The predicted octanol–water partition coefficient (Wildman–Crippen LogP) is 3.09. The largest absolute Gasteiger partial charge is 0.504 e. The van der Waals surface area contributed by atoms with Crippen LogP contribution in [0.25, 0.3) is 0 Å². The number of benzene rings is 3. The van der Waals surface area contributed by atoms with Gasteiger partial charge in [-0.2, -0.15) is 0 Å². The van der Waals surface area contributed by atoms with E-state index in [1.165, 1.54) is 36.3 Å². The molecule has 3 aromatic rings. The van der Waals surface area contributed by atoms with Crippen molar-refractivity contribution in [3.05, 3.63) is 83.4 Å². The molecule has 0 saturated carbocycles. The Labute approximate surface area is 191 Å². The van der Waals surface area contributed by atoms with Gasteiger partial charge in [-0.3, -0.25) is 9.59 Å². The zero-order valence-corrected chi connectivity index (χ0v) is 18.9. The van der Waals surface area contributed by atoms with Gasteiger partial charge in [0.25, 0.3) is 15.9 Å². The molecular formula is C24H22N2O6S. The van der Waals surface area contributed by atoms with Crippen LogP contribution in [0.2, 0.25) is 0 Å². The lowest BCUT2D eigenvalue weighted by molar-refractivity contribution is -0.118. The maximum Gasteiger partial charge on any atom is 0.269 e. The zero-order chi connectivity index (χ0) is 23.8. The second-order valence-corrected chi connectivity index (χ2v) is 9.47. The van der Waals surface area contributed by atoms with Crippen molar-refractivity contribution < 1.29 is 27.9 Å². The van der Waals surface area contributed by atoms with E-state index in [1.807, 2.05) is 19.1 Å². The summed E-state index contributed by atoms with van der Waals surface area (Å²) in [6.07, 6.45) is 0. The second-order valence-electron chi connectivity index (χ2n) is 7.63. The van der Waals surface area contributed by atoms with Gasteiger partial charge in [-0.05, 0) is 48.9 Å². The highest BCUT2D eigenvalue weighted by Crippen LogP contribution is 2.31. The smallest absolute Gasteiger partial charge is 0.269 e. The molecule has 1 aliphatic rings. The van der Waals surface area contributed by atoms with Gasteiger partial charge in [0.2, 0.25) is 5.91 Å². The van der Waals surface area contributed by atoms with Crippen LogP contribution < -0.4 is 9.64 Å². The first-order chi connectivity index (χ1) is 15.7. The normalized spacial score (nSPS) is 14.1. The Kier molecular flexibility index (Phi) is 5.82. The molecule has 8 nitrogen and oxygen atoms in total. The average Bonchev–Trinajstić information content (AvgIpc) is 3.00. The maximum atomic E-state index is 13.4. The molecule has 33 heavy (non-hydrogen) atoms. The first-order valence-electron chi connectivity index (χ1n) is 10.1. The van der Waals surface area contributed by atoms with Crippen LogP contribution in [0.1, 0.15) is 21.5 Å². The minimum atomic E-state index is -4.12. The fourth-order valence-electron chi connectivity index (χ4n) is 3.65. The van der Waals surface area contributed by atoms with E-state index < -0.39 is 28.4 Å². The van der Waals surface area contributed by atoms with Crippen molar-refractivity contribution in [2.24, 2.45) is 0 Å². The Balaban J connectivity index is 1.67. The molecule has 9 heteroatoms. The molecule has 1 aliphatic heterocycles. The summed E-state index contributed by atoms with van der Waals surface area (Å²) in [6, 6.07) is 17.8. The quantitative estimate of drug-likeness (QED) is 0.599. The van der Waals surface area contributed by atoms with Crippen LogP contribution in [0, 0.1) is 6.92 Å². The van der Waals surface area contributed by atoms with Crippen molar-refractivity contribution in [1.29, 1.82) is 0 Å². The number of carbonyl (C=O) groups is 2.